The number of fused-ring (bicyclic) bond motifs is 8. The molecule has 5 aromatic rings. The summed E-state index contributed by atoms with van der Waals surface area (Å²) < 4.78 is 15.5. The monoisotopic (exact) mass is 470 g/mol. The van der Waals surface area contributed by atoms with Crippen LogP contribution < -0.4 is 25.7 Å². The Morgan fingerprint density at radius 1 is 0.629 bits per heavy atom. The minimum absolute atomic E-state index is 0.405. The summed E-state index contributed by atoms with van der Waals surface area (Å²) in [6.07, 6.45) is 0. The third kappa shape index (κ3) is 2.13. The average Bonchev–Trinajstić information content (AvgIpc) is 3.29. The second-order valence-electron chi connectivity index (χ2n) is 10.1. The second-order valence-corrected chi connectivity index (χ2v) is 12.7. The van der Waals surface area contributed by atoms with E-state index in [1.54, 1.807) is 0 Å². The van der Waals surface area contributed by atoms with Crippen LogP contribution in [0.5, 0.6) is 0 Å². The van der Waals surface area contributed by atoms with Crippen LogP contribution in [0.3, 0.4) is 0 Å². The summed E-state index contributed by atoms with van der Waals surface area (Å²) >= 11 is 0. The number of rotatable bonds is 1. The minimum Gasteiger partial charge on any atom is -0.316 e. The van der Waals surface area contributed by atoms with Crippen LogP contribution in [0.2, 0.25) is 0 Å². The molecule has 1 atom stereocenters. The topological polar surface area (TPSA) is 23.6 Å². The third-order valence-electron chi connectivity index (χ3n) is 7.99. The Hall–Kier alpha value is -3.81. The highest BCUT2D eigenvalue weighted by Gasteiger charge is 2.56. The average molecular weight is 471 g/mol. The van der Waals surface area contributed by atoms with Crippen LogP contribution in [0.4, 0.5) is 22.7 Å². The van der Waals surface area contributed by atoms with Gasteiger partial charge in [0.1, 0.15) is 5.66 Å². The molecule has 0 saturated heterocycles. The number of anilines is 4. The smallest absolute Gasteiger partial charge is 0.176 e. The number of para-hydroxylation sites is 1. The summed E-state index contributed by atoms with van der Waals surface area (Å²) in [4.78, 5) is 4.88. The Kier molecular flexibility index (Phi) is 3.48. The Labute approximate surface area is 204 Å². The van der Waals surface area contributed by atoms with Crippen molar-refractivity contribution in [2.24, 2.45) is 0 Å². The zero-order valence-corrected chi connectivity index (χ0v) is 20.5. The molecule has 8 rings (SSSR count). The van der Waals surface area contributed by atoms with E-state index in [9.17, 15) is 0 Å². The number of benzene rings is 5. The van der Waals surface area contributed by atoms with Gasteiger partial charge in [-0.25, -0.2) is 0 Å². The summed E-state index contributed by atoms with van der Waals surface area (Å²) in [5.41, 5.74) is 6.24. The zero-order chi connectivity index (χ0) is 23.5. The fraction of sp³-hybridized carbons (Fsp3) is 0.0968. The van der Waals surface area contributed by atoms with Gasteiger partial charge >= 0.3 is 0 Å². The van der Waals surface area contributed by atoms with Crippen molar-refractivity contribution in [2.45, 2.75) is 19.5 Å². The molecule has 0 saturated carbocycles. The Morgan fingerprint density at radius 3 is 2.23 bits per heavy atom. The maximum absolute atomic E-state index is 15.5. The molecule has 0 aromatic heterocycles. The summed E-state index contributed by atoms with van der Waals surface area (Å²) in [6.45, 7) is 4.55. The first-order valence-corrected chi connectivity index (χ1v) is 13.8. The van der Waals surface area contributed by atoms with Crippen molar-refractivity contribution in [2.75, 3.05) is 9.80 Å². The van der Waals surface area contributed by atoms with Crippen molar-refractivity contribution < 1.29 is 4.57 Å². The van der Waals surface area contributed by atoms with Crippen LogP contribution >= 0.6 is 7.14 Å². The molecule has 0 radical (unpaired) electrons. The van der Waals surface area contributed by atoms with Gasteiger partial charge in [-0.15, -0.1) is 0 Å². The first-order chi connectivity index (χ1) is 17.0. The Bertz CT molecular complexity index is 1770. The summed E-state index contributed by atoms with van der Waals surface area (Å²) in [5.74, 6) is 0. The molecule has 0 fully saturated rings. The van der Waals surface area contributed by atoms with Gasteiger partial charge in [0.2, 0.25) is 0 Å². The highest BCUT2D eigenvalue weighted by Crippen LogP contribution is 2.66. The van der Waals surface area contributed by atoms with Crippen molar-refractivity contribution >= 4 is 56.6 Å². The molecule has 5 aromatic carbocycles. The van der Waals surface area contributed by atoms with Crippen LogP contribution in [0.15, 0.2) is 103 Å². The lowest BCUT2D eigenvalue weighted by Crippen LogP contribution is -2.51. The SMILES string of the molecule is CC1(C)N(c2ccccc2)c2ccc3c4c2N1c1c(ccc2ccccc12)P4(=O)c1ccccc1-3. The Morgan fingerprint density at radius 2 is 1.37 bits per heavy atom. The van der Waals surface area contributed by atoms with E-state index >= 15 is 4.57 Å². The molecule has 168 valence electrons. The van der Waals surface area contributed by atoms with Crippen LogP contribution in [-0.4, -0.2) is 5.66 Å². The van der Waals surface area contributed by atoms with E-state index in [4.69, 9.17) is 0 Å². The molecule has 0 bridgehead atoms. The van der Waals surface area contributed by atoms with Gasteiger partial charge in [-0.2, -0.15) is 0 Å². The quantitative estimate of drug-likeness (QED) is 0.247. The van der Waals surface area contributed by atoms with Crippen LogP contribution in [0, 0.1) is 0 Å². The van der Waals surface area contributed by atoms with Gasteiger partial charge in [0.05, 0.1) is 22.4 Å². The highest BCUT2D eigenvalue weighted by atomic mass is 31.2. The highest BCUT2D eigenvalue weighted by molar-refractivity contribution is 7.87. The first kappa shape index (κ1) is 19.5. The van der Waals surface area contributed by atoms with Gasteiger partial charge in [-0.05, 0) is 54.6 Å². The van der Waals surface area contributed by atoms with Crippen molar-refractivity contribution in [1.29, 1.82) is 0 Å². The fourth-order valence-corrected chi connectivity index (χ4v) is 10.1. The Balaban J connectivity index is 1.59. The van der Waals surface area contributed by atoms with E-state index in [1.165, 1.54) is 5.39 Å². The zero-order valence-electron chi connectivity index (χ0n) is 19.6. The van der Waals surface area contributed by atoms with Gasteiger partial charge in [0.25, 0.3) is 0 Å². The fourth-order valence-electron chi connectivity index (χ4n) is 6.67. The predicted molar refractivity (Wildman–Crippen MR) is 147 cm³/mol. The largest absolute Gasteiger partial charge is 0.316 e. The third-order valence-corrected chi connectivity index (χ3v) is 11.2. The molecular formula is C31H23N2OP. The molecule has 3 nitrogen and oxygen atoms in total. The van der Waals surface area contributed by atoms with Crippen LogP contribution in [0.25, 0.3) is 21.9 Å². The second kappa shape index (κ2) is 6.24. The van der Waals surface area contributed by atoms with E-state index in [2.05, 4.69) is 121 Å². The molecule has 3 aliphatic heterocycles. The molecule has 0 spiro atoms. The lowest BCUT2D eigenvalue weighted by molar-refractivity contribution is 0.541. The minimum atomic E-state index is -3.04. The molecule has 0 N–H and O–H groups in total. The van der Waals surface area contributed by atoms with Crippen LogP contribution in [-0.2, 0) is 4.57 Å². The normalized spacial score (nSPS) is 20.1. The van der Waals surface area contributed by atoms with Gasteiger partial charge in [0.15, 0.2) is 7.14 Å². The lowest BCUT2D eigenvalue weighted by atomic mass is 10.0. The number of nitrogens with zero attached hydrogens (tertiary/aromatic N) is 2. The molecule has 3 heterocycles. The maximum atomic E-state index is 15.5. The summed E-state index contributed by atoms with van der Waals surface area (Å²) in [7, 11) is -3.04. The van der Waals surface area contributed by atoms with E-state index in [-0.39, 0.29) is 0 Å². The number of hydrogen-bond acceptors (Lipinski definition) is 3. The molecule has 0 amide bonds. The maximum Gasteiger partial charge on any atom is 0.176 e. The molecule has 4 heteroatoms. The van der Waals surface area contributed by atoms with Crippen molar-refractivity contribution in [3.05, 3.63) is 103 Å². The van der Waals surface area contributed by atoms with Crippen molar-refractivity contribution in [3.8, 4) is 11.1 Å². The molecule has 3 aliphatic rings. The molecule has 35 heavy (non-hydrogen) atoms. The van der Waals surface area contributed by atoms with Gasteiger partial charge < -0.3 is 14.4 Å². The van der Waals surface area contributed by atoms with Gasteiger partial charge in [0, 0.05) is 21.7 Å². The van der Waals surface area contributed by atoms with E-state index in [0.717, 1.165) is 55.2 Å². The first-order valence-electron chi connectivity index (χ1n) is 12.1. The van der Waals surface area contributed by atoms with Gasteiger partial charge in [-0.3, -0.25) is 0 Å². The van der Waals surface area contributed by atoms with Gasteiger partial charge in [-0.1, -0.05) is 78.9 Å². The van der Waals surface area contributed by atoms with E-state index in [0.29, 0.717) is 0 Å². The van der Waals surface area contributed by atoms with Crippen molar-refractivity contribution in [1.82, 2.24) is 0 Å². The van der Waals surface area contributed by atoms with Crippen LogP contribution in [0.1, 0.15) is 13.8 Å². The molecular weight excluding hydrogens is 447 g/mol. The van der Waals surface area contributed by atoms with Crippen molar-refractivity contribution in [3.63, 3.8) is 0 Å². The summed E-state index contributed by atoms with van der Waals surface area (Å²) in [5, 5.41) is 5.24. The molecule has 0 aliphatic carbocycles. The number of hydrogen-bond donors (Lipinski definition) is 0. The van der Waals surface area contributed by atoms with E-state index < -0.39 is 12.8 Å². The van der Waals surface area contributed by atoms with E-state index in [1.807, 2.05) is 6.07 Å². The summed E-state index contributed by atoms with van der Waals surface area (Å²) in [6, 6.07) is 36.0. The molecule has 1 unspecified atom stereocenters. The lowest BCUT2D eigenvalue weighted by Gasteiger charge is -2.44. The standard InChI is InChI=1S/C31H23N2OP/c1-31(2)32(21-11-4-3-5-12-21)25-18-17-24-23-14-8-9-15-26(23)35(34)27-19-16-20-10-6-7-13-22(20)28(27)33(31)29(25)30(24)35/h3-19H,1-2H3. The predicted octanol–water partition coefficient (Wildman–Crippen LogP) is 6.80.